The number of likely N-dealkylation sites (N-methyl/N-ethyl adjacent to an activating group) is 2. The molecule has 1 aromatic heterocycles. The predicted molar refractivity (Wildman–Crippen MR) is 152 cm³/mol. The molecule has 37 heavy (non-hydrogen) atoms. The second kappa shape index (κ2) is 12.0. The third-order valence-corrected chi connectivity index (χ3v) is 6.65. The molecule has 0 aliphatic heterocycles. The van der Waals surface area contributed by atoms with E-state index in [-0.39, 0.29) is 5.91 Å². The molecule has 0 spiro atoms. The lowest BCUT2D eigenvalue weighted by atomic mass is 10.0. The van der Waals surface area contributed by atoms with Gasteiger partial charge in [0.15, 0.2) is 5.82 Å². The Balaban J connectivity index is 1.49. The minimum Gasteiger partial charge on any atom is -0.478 e. The van der Waals surface area contributed by atoms with E-state index in [1.165, 1.54) is 0 Å². The van der Waals surface area contributed by atoms with Crippen LogP contribution < -0.4 is 15.0 Å². The molecule has 0 saturated heterocycles. The van der Waals surface area contributed by atoms with Crippen LogP contribution in [0, 0.1) is 0 Å². The molecule has 192 valence electrons. The number of rotatable bonds is 10. The number of nitrogens with one attached hydrogen (secondary N) is 1. The van der Waals surface area contributed by atoms with Gasteiger partial charge in [-0.1, -0.05) is 49.7 Å². The molecule has 0 fully saturated rings. The van der Waals surface area contributed by atoms with Crippen LogP contribution in [0.4, 0.5) is 11.5 Å². The van der Waals surface area contributed by atoms with Crippen molar-refractivity contribution in [1.29, 1.82) is 0 Å². The van der Waals surface area contributed by atoms with Crippen molar-refractivity contribution in [2.45, 2.75) is 13.8 Å². The smallest absolute Gasteiger partial charge is 0.257 e. The van der Waals surface area contributed by atoms with E-state index in [1.807, 2.05) is 73.8 Å². The zero-order chi connectivity index (χ0) is 26.4. The van der Waals surface area contributed by atoms with Crippen LogP contribution in [0.5, 0.6) is 5.88 Å². The summed E-state index contributed by atoms with van der Waals surface area (Å²) in [7, 11) is 3.59. The summed E-state index contributed by atoms with van der Waals surface area (Å²) < 4.78 is 5.55. The van der Waals surface area contributed by atoms with E-state index >= 15 is 0 Å². The van der Waals surface area contributed by atoms with E-state index in [1.54, 1.807) is 7.11 Å². The fourth-order valence-corrected chi connectivity index (χ4v) is 4.21. The van der Waals surface area contributed by atoms with Gasteiger partial charge in [-0.3, -0.25) is 4.79 Å². The SMILES string of the molecule is CCN(CC)CCN(C)c1nc2ccc(NC(=O)c3ccc(-c4ccc(Cl)cc4)cc3)cc2nc1OC. The number of aromatic nitrogens is 2. The molecule has 7 nitrogen and oxygen atoms in total. The maximum atomic E-state index is 12.9. The van der Waals surface area contributed by atoms with Crippen LogP contribution in [0.25, 0.3) is 22.2 Å². The highest BCUT2D eigenvalue weighted by Crippen LogP contribution is 2.28. The van der Waals surface area contributed by atoms with Crippen LogP contribution in [0.15, 0.2) is 66.7 Å². The minimum atomic E-state index is -0.199. The van der Waals surface area contributed by atoms with Gasteiger partial charge in [-0.05, 0) is 66.7 Å². The Labute approximate surface area is 223 Å². The van der Waals surface area contributed by atoms with E-state index in [0.29, 0.717) is 33.5 Å². The first-order valence-electron chi connectivity index (χ1n) is 12.4. The molecular weight excluding hydrogens is 486 g/mol. The maximum Gasteiger partial charge on any atom is 0.257 e. The molecule has 4 rings (SSSR count). The summed E-state index contributed by atoms with van der Waals surface area (Å²) in [5.41, 5.74) is 4.63. The van der Waals surface area contributed by atoms with Crippen molar-refractivity contribution in [3.63, 3.8) is 0 Å². The molecule has 0 saturated carbocycles. The highest BCUT2D eigenvalue weighted by atomic mass is 35.5. The van der Waals surface area contributed by atoms with Crippen molar-refractivity contribution in [2.75, 3.05) is 50.6 Å². The molecule has 3 aromatic carbocycles. The zero-order valence-corrected chi connectivity index (χ0v) is 22.4. The number of nitrogens with zero attached hydrogens (tertiary/aromatic N) is 4. The minimum absolute atomic E-state index is 0.199. The number of halogens is 1. The van der Waals surface area contributed by atoms with Crippen molar-refractivity contribution in [3.8, 4) is 17.0 Å². The van der Waals surface area contributed by atoms with Gasteiger partial charge in [-0.25, -0.2) is 9.97 Å². The Morgan fingerprint density at radius 3 is 2.16 bits per heavy atom. The first-order chi connectivity index (χ1) is 17.9. The molecule has 8 heteroatoms. The average Bonchev–Trinajstić information content (AvgIpc) is 2.93. The van der Waals surface area contributed by atoms with Crippen LogP contribution in [-0.4, -0.2) is 61.1 Å². The number of carbonyl (C=O) groups excluding carboxylic acids is 1. The summed E-state index contributed by atoms with van der Waals surface area (Å²) >= 11 is 5.98. The molecule has 0 aliphatic carbocycles. The number of amides is 1. The Bertz CT molecular complexity index is 1360. The van der Waals surface area contributed by atoms with E-state index in [0.717, 1.165) is 42.8 Å². The predicted octanol–water partition coefficient (Wildman–Crippen LogP) is 5.99. The molecular formula is C29H32ClN5O2. The first-order valence-corrected chi connectivity index (χ1v) is 12.8. The lowest BCUT2D eigenvalue weighted by Gasteiger charge is -2.24. The second-order valence-corrected chi connectivity index (χ2v) is 9.18. The van der Waals surface area contributed by atoms with Gasteiger partial charge < -0.3 is 19.9 Å². The molecule has 0 bridgehead atoms. The van der Waals surface area contributed by atoms with Crippen molar-refractivity contribution in [2.24, 2.45) is 0 Å². The summed E-state index contributed by atoms with van der Waals surface area (Å²) in [6.45, 7) is 8.07. The summed E-state index contributed by atoms with van der Waals surface area (Å²) in [6.07, 6.45) is 0. The lowest BCUT2D eigenvalue weighted by Crippen LogP contribution is -2.33. The van der Waals surface area contributed by atoms with Gasteiger partial charge in [-0.15, -0.1) is 0 Å². The standard InChI is InChI=1S/C29H32ClN5O2/c1-5-35(6-2)18-17-34(3)27-29(37-4)33-26-19-24(15-16-25(26)32-27)31-28(36)22-9-7-20(8-10-22)21-11-13-23(30)14-12-21/h7-16,19H,5-6,17-18H2,1-4H3,(H,31,36). The zero-order valence-electron chi connectivity index (χ0n) is 21.7. The molecule has 1 heterocycles. The third kappa shape index (κ3) is 6.37. The van der Waals surface area contributed by atoms with Crippen LogP contribution in [0.2, 0.25) is 5.02 Å². The van der Waals surface area contributed by atoms with Gasteiger partial charge in [0.1, 0.15) is 0 Å². The van der Waals surface area contributed by atoms with E-state index in [9.17, 15) is 4.79 Å². The van der Waals surface area contributed by atoms with Gasteiger partial charge >= 0.3 is 0 Å². The molecule has 4 aromatic rings. The molecule has 1 N–H and O–H groups in total. The van der Waals surface area contributed by atoms with Crippen LogP contribution in [0.1, 0.15) is 24.2 Å². The largest absolute Gasteiger partial charge is 0.478 e. The first kappa shape index (κ1) is 26.4. The van der Waals surface area contributed by atoms with E-state index < -0.39 is 0 Å². The topological polar surface area (TPSA) is 70.6 Å². The Hall–Kier alpha value is -3.68. The Morgan fingerprint density at radius 1 is 0.892 bits per heavy atom. The van der Waals surface area contributed by atoms with E-state index in [2.05, 4.69) is 33.9 Å². The van der Waals surface area contributed by atoms with Crippen molar-refractivity contribution >= 4 is 40.0 Å². The highest BCUT2D eigenvalue weighted by molar-refractivity contribution is 6.30. The quantitative estimate of drug-likeness (QED) is 0.278. The number of methoxy groups -OCH3 is 1. The number of hydrogen-bond acceptors (Lipinski definition) is 6. The van der Waals surface area contributed by atoms with Crippen LogP contribution >= 0.6 is 11.6 Å². The molecule has 1 amide bonds. The number of carbonyl (C=O) groups is 1. The fourth-order valence-electron chi connectivity index (χ4n) is 4.09. The molecule has 0 atom stereocenters. The van der Waals surface area contributed by atoms with Crippen molar-refractivity contribution in [1.82, 2.24) is 14.9 Å². The normalized spacial score (nSPS) is 11.1. The number of hydrogen-bond donors (Lipinski definition) is 1. The van der Waals surface area contributed by atoms with Gasteiger partial charge in [-0.2, -0.15) is 0 Å². The van der Waals surface area contributed by atoms with Crippen molar-refractivity contribution < 1.29 is 9.53 Å². The van der Waals surface area contributed by atoms with Gasteiger partial charge in [0.2, 0.25) is 0 Å². The van der Waals surface area contributed by atoms with Crippen LogP contribution in [-0.2, 0) is 0 Å². The number of benzene rings is 3. The summed E-state index contributed by atoms with van der Waals surface area (Å²) in [4.78, 5) is 26.8. The average molecular weight is 518 g/mol. The lowest BCUT2D eigenvalue weighted by molar-refractivity contribution is 0.102. The summed E-state index contributed by atoms with van der Waals surface area (Å²) in [5, 5.41) is 3.65. The third-order valence-electron chi connectivity index (χ3n) is 6.40. The monoisotopic (exact) mass is 517 g/mol. The van der Waals surface area contributed by atoms with Crippen LogP contribution in [0.3, 0.4) is 0 Å². The van der Waals surface area contributed by atoms with Crippen molar-refractivity contribution in [3.05, 3.63) is 77.3 Å². The highest BCUT2D eigenvalue weighted by Gasteiger charge is 2.15. The van der Waals surface area contributed by atoms with Gasteiger partial charge in [0, 0.05) is 36.4 Å². The Kier molecular flexibility index (Phi) is 8.58. The Morgan fingerprint density at radius 2 is 1.54 bits per heavy atom. The molecule has 0 radical (unpaired) electrons. The van der Waals surface area contributed by atoms with Gasteiger partial charge in [0.25, 0.3) is 11.8 Å². The van der Waals surface area contributed by atoms with E-state index in [4.69, 9.17) is 21.3 Å². The summed E-state index contributed by atoms with van der Waals surface area (Å²) in [5.74, 6) is 0.949. The second-order valence-electron chi connectivity index (χ2n) is 8.75. The van der Waals surface area contributed by atoms with Gasteiger partial charge in [0.05, 0.1) is 18.1 Å². The number of ether oxygens (including phenoxy) is 1. The maximum absolute atomic E-state index is 12.9. The fraction of sp³-hybridized carbons (Fsp3) is 0.276. The number of fused-ring (bicyclic) bond motifs is 1. The number of anilines is 2. The molecule has 0 aliphatic rings. The summed E-state index contributed by atoms with van der Waals surface area (Å²) in [6, 6.07) is 20.6. The molecule has 0 unspecified atom stereocenters.